The van der Waals surface area contributed by atoms with Crippen LogP contribution in [-0.4, -0.2) is 49.7 Å². The third-order valence-corrected chi connectivity index (χ3v) is 2.96. The number of nitrogens with zero attached hydrogens (tertiary/aromatic N) is 1. The van der Waals surface area contributed by atoms with E-state index < -0.39 is 24.6 Å². The van der Waals surface area contributed by atoms with E-state index >= 15 is 0 Å². The van der Waals surface area contributed by atoms with Crippen molar-refractivity contribution >= 4 is 18.0 Å². The molecule has 1 aliphatic heterocycles. The summed E-state index contributed by atoms with van der Waals surface area (Å²) in [6.07, 6.45) is -0.718. The molecule has 0 unspecified atom stereocenters. The van der Waals surface area contributed by atoms with E-state index in [-0.39, 0.29) is 18.7 Å². The molecule has 1 saturated heterocycles. The predicted molar refractivity (Wildman–Crippen MR) is 71.1 cm³/mol. The lowest BCUT2D eigenvalue weighted by Gasteiger charge is -2.12. The Morgan fingerprint density at radius 3 is 2.76 bits per heavy atom. The summed E-state index contributed by atoms with van der Waals surface area (Å²) in [5.74, 6) is -0.937. The topological polar surface area (TPSA) is 82.1 Å². The maximum atomic E-state index is 12.0. The largest absolute Gasteiger partial charge is 0.496 e. The Morgan fingerprint density at radius 1 is 1.38 bits per heavy atom. The van der Waals surface area contributed by atoms with Crippen LogP contribution in [-0.2, 0) is 14.3 Å². The molecule has 0 spiro atoms. The zero-order chi connectivity index (χ0) is 15.4. The Balaban J connectivity index is 2.00. The predicted octanol–water partition coefficient (Wildman–Crippen LogP) is 1.14. The van der Waals surface area contributed by atoms with Gasteiger partial charge in [-0.15, -0.1) is 0 Å². The van der Waals surface area contributed by atoms with Gasteiger partial charge in [-0.05, 0) is 19.1 Å². The molecule has 2 amide bonds. The molecule has 0 aromatic heterocycles. The average molecular weight is 293 g/mol. The fraction of sp³-hybridized carbons (Fsp3) is 0.357. The molecule has 0 aliphatic carbocycles. The minimum absolute atomic E-state index is 0.157. The second kappa shape index (κ2) is 6.25. The highest BCUT2D eigenvalue weighted by atomic mass is 16.6. The molecule has 0 N–H and O–H groups in total. The molecule has 0 radical (unpaired) electrons. The number of rotatable bonds is 4. The number of cyclic esters (lactones) is 1. The molecule has 7 nitrogen and oxygen atoms in total. The van der Waals surface area contributed by atoms with Crippen LogP contribution in [0.4, 0.5) is 4.79 Å². The van der Waals surface area contributed by atoms with Crippen molar-refractivity contribution in [1.29, 1.82) is 0 Å². The maximum absolute atomic E-state index is 12.0. The first-order chi connectivity index (χ1) is 10.0. The molecular weight excluding hydrogens is 278 g/mol. The second-order valence-electron chi connectivity index (χ2n) is 4.44. The first-order valence-corrected chi connectivity index (χ1v) is 6.32. The van der Waals surface area contributed by atoms with Crippen molar-refractivity contribution in [3.63, 3.8) is 0 Å². The number of imide groups is 1. The molecule has 1 aliphatic rings. The summed E-state index contributed by atoms with van der Waals surface area (Å²) in [5, 5.41) is 0. The van der Waals surface area contributed by atoms with Crippen LogP contribution >= 0.6 is 0 Å². The number of methoxy groups -OCH3 is 1. The molecule has 0 saturated carbocycles. The Hall–Kier alpha value is -2.57. The molecule has 0 atom stereocenters. The third-order valence-electron chi connectivity index (χ3n) is 2.96. The summed E-state index contributed by atoms with van der Waals surface area (Å²) in [4.78, 5) is 35.8. The molecule has 0 bridgehead atoms. The third kappa shape index (κ3) is 3.31. The van der Waals surface area contributed by atoms with Crippen LogP contribution in [0.25, 0.3) is 0 Å². The van der Waals surface area contributed by atoms with E-state index in [9.17, 15) is 14.4 Å². The molecule has 1 aromatic carbocycles. The number of ether oxygens (including phenoxy) is 3. The molecule has 1 aromatic rings. The number of hydrogen-bond acceptors (Lipinski definition) is 6. The zero-order valence-electron chi connectivity index (χ0n) is 11.8. The summed E-state index contributed by atoms with van der Waals surface area (Å²) < 4.78 is 14.6. The fourth-order valence-corrected chi connectivity index (χ4v) is 1.88. The van der Waals surface area contributed by atoms with Crippen LogP contribution in [0.2, 0.25) is 0 Å². The number of hydrogen-bond donors (Lipinski definition) is 0. The van der Waals surface area contributed by atoms with Crippen LogP contribution in [0.3, 0.4) is 0 Å². The molecular formula is C14H15NO6. The summed E-state index contributed by atoms with van der Waals surface area (Å²) in [5.41, 5.74) is 1.09. The summed E-state index contributed by atoms with van der Waals surface area (Å²) >= 11 is 0. The molecule has 112 valence electrons. The molecule has 1 heterocycles. The van der Waals surface area contributed by atoms with Gasteiger partial charge in [-0.1, -0.05) is 11.6 Å². The van der Waals surface area contributed by atoms with Crippen molar-refractivity contribution in [2.75, 3.05) is 26.9 Å². The van der Waals surface area contributed by atoms with Gasteiger partial charge in [-0.3, -0.25) is 4.79 Å². The van der Waals surface area contributed by atoms with Crippen molar-refractivity contribution in [3.8, 4) is 5.75 Å². The Kier molecular flexibility index (Phi) is 4.42. The van der Waals surface area contributed by atoms with E-state index in [1.807, 2.05) is 6.92 Å². The lowest BCUT2D eigenvalue weighted by molar-refractivity contribution is -0.131. The van der Waals surface area contributed by atoms with Gasteiger partial charge >= 0.3 is 12.1 Å². The highest BCUT2D eigenvalue weighted by molar-refractivity contribution is 5.97. The molecule has 2 rings (SSSR count). The lowest BCUT2D eigenvalue weighted by atomic mass is 10.1. The average Bonchev–Trinajstić information content (AvgIpc) is 2.90. The zero-order valence-corrected chi connectivity index (χ0v) is 11.8. The van der Waals surface area contributed by atoms with Gasteiger partial charge < -0.3 is 14.2 Å². The van der Waals surface area contributed by atoms with Gasteiger partial charge in [-0.25, -0.2) is 14.5 Å². The Morgan fingerprint density at radius 2 is 2.14 bits per heavy atom. The van der Waals surface area contributed by atoms with Gasteiger partial charge in [0.25, 0.3) is 5.91 Å². The SMILES string of the molecule is COc1ccc(C)cc1C(=O)OCC(=O)N1CCOC1=O. The van der Waals surface area contributed by atoms with E-state index in [0.717, 1.165) is 10.5 Å². The summed E-state index contributed by atoms with van der Waals surface area (Å²) in [7, 11) is 1.44. The second-order valence-corrected chi connectivity index (χ2v) is 4.44. The van der Waals surface area contributed by atoms with Gasteiger partial charge in [0.2, 0.25) is 0 Å². The summed E-state index contributed by atoms with van der Waals surface area (Å²) in [6, 6.07) is 5.04. The number of amides is 2. The quantitative estimate of drug-likeness (QED) is 0.774. The molecule has 1 fully saturated rings. The monoisotopic (exact) mass is 293 g/mol. The number of carbonyl (C=O) groups is 3. The van der Waals surface area contributed by atoms with Crippen molar-refractivity contribution in [3.05, 3.63) is 29.3 Å². The smallest absolute Gasteiger partial charge is 0.416 e. The van der Waals surface area contributed by atoms with Crippen LogP contribution in [0.5, 0.6) is 5.75 Å². The van der Waals surface area contributed by atoms with Gasteiger partial charge in [0, 0.05) is 0 Å². The van der Waals surface area contributed by atoms with Gasteiger partial charge in [0.1, 0.15) is 17.9 Å². The highest BCUT2D eigenvalue weighted by Gasteiger charge is 2.29. The van der Waals surface area contributed by atoms with Crippen molar-refractivity contribution in [1.82, 2.24) is 4.90 Å². The highest BCUT2D eigenvalue weighted by Crippen LogP contribution is 2.20. The first kappa shape index (κ1) is 14.8. The van der Waals surface area contributed by atoms with Gasteiger partial charge in [0.05, 0.1) is 13.7 Å². The van der Waals surface area contributed by atoms with Crippen molar-refractivity contribution in [2.45, 2.75) is 6.92 Å². The van der Waals surface area contributed by atoms with Crippen LogP contribution < -0.4 is 4.74 Å². The Bertz CT molecular complexity index is 583. The number of esters is 1. The van der Waals surface area contributed by atoms with E-state index in [2.05, 4.69) is 4.74 Å². The first-order valence-electron chi connectivity index (χ1n) is 6.32. The minimum atomic E-state index is -0.718. The fourth-order valence-electron chi connectivity index (χ4n) is 1.88. The van der Waals surface area contributed by atoms with Crippen LogP contribution in [0, 0.1) is 6.92 Å². The summed E-state index contributed by atoms with van der Waals surface area (Å²) in [6.45, 7) is 1.62. The van der Waals surface area contributed by atoms with E-state index in [1.165, 1.54) is 7.11 Å². The normalized spacial score (nSPS) is 13.8. The minimum Gasteiger partial charge on any atom is -0.496 e. The number of aryl methyl sites for hydroxylation is 1. The number of benzene rings is 1. The van der Waals surface area contributed by atoms with Gasteiger partial charge in [-0.2, -0.15) is 0 Å². The lowest BCUT2D eigenvalue weighted by Crippen LogP contribution is -2.35. The van der Waals surface area contributed by atoms with Gasteiger partial charge in [0.15, 0.2) is 6.61 Å². The molecule has 21 heavy (non-hydrogen) atoms. The number of carbonyl (C=O) groups excluding carboxylic acids is 3. The van der Waals surface area contributed by atoms with E-state index in [1.54, 1.807) is 18.2 Å². The molecule has 7 heteroatoms. The Labute approximate surface area is 121 Å². The standard InChI is InChI=1S/C14H15NO6/c1-9-3-4-11(19-2)10(7-9)13(17)21-8-12(16)15-5-6-20-14(15)18/h3-4,7H,5-6,8H2,1-2H3. The maximum Gasteiger partial charge on any atom is 0.416 e. The van der Waals surface area contributed by atoms with E-state index in [0.29, 0.717) is 5.75 Å². The van der Waals surface area contributed by atoms with Crippen molar-refractivity contribution < 1.29 is 28.6 Å². The van der Waals surface area contributed by atoms with E-state index in [4.69, 9.17) is 9.47 Å². The van der Waals surface area contributed by atoms with Crippen LogP contribution in [0.15, 0.2) is 18.2 Å². The van der Waals surface area contributed by atoms with Crippen molar-refractivity contribution in [2.24, 2.45) is 0 Å². The van der Waals surface area contributed by atoms with Crippen LogP contribution in [0.1, 0.15) is 15.9 Å².